The van der Waals surface area contributed by atoms with Gasteiger partial charge in [-0.1, -0.05) is 26.5 Å². The molecule has 2 saturated heterocycles. The van der Waals surface area contributed by atoms with Crippen LogP contribution in [-0.4, -0.2) is 89.6 Å². The lowest BCUT2D eigenvalue weighted by Gasteiger charge is -2.53. The Morgan fingerprint density at radius 3 is 2.39 bits per heavy atom. The summed E-state index contributed by atoms with van der Waals surface area (Å²) in [6.45, 7) is 11.9. The third kappa shape index (κ3) is 5.11. The third-order valence-electron chi connectivity index (χ3n) is 10.3. The summed E-state index contributed by atoms with van der Waals surface area (Å²) in [6.07, 6.45) is 2.79. The Kier molecular flexibility index (Phi) is 8.44. The zero-order chi connectivity index (χ0) is 36.6. The number of halogens is 3. The van der Waals surface area contributed by atoms with Crippen LogP contribution in [0.5, 0.6) is 5.75 Å². The molecular formula is C38H39F3N6O4. The predicted octanol–water partition coefficient (Wildman–Crippen LogP) is 5.16. The number of benzene rings is 2. The van der Waals surface area contributed by atoms with Crippen LogP contribution in [0.3, 0.4) is 0 Å². The number of piperazine rings is 1. The van der Waals surface area contributed by atoms with Crippen LogP contribution in [0.25, 0.3) is 27.7 Å². The molecule has 7 rings (SSSR count). The number of methoxy groups -OCH3 is 1. The van der Waals surface area contributed by atoms with Gasteiger partial charge in [0.1, 0.15) is 29.1 Å². The molecule has 2 aromatic heterocycles. The lowest BCUT2D eigenvalue weighted by atomic mass is 9.93. The molecule has 3 aliphatic heterocycles. The summed E-state index contributed by atoms with van der Waals surface area (Å²) in [6, 6.07) is 4.84. The van der Waals surface area contributed by atoms with Gasteiger partial charge in [0.05, 0.1) is 53.4 Å². The van der Waals surface area contributed by atoms with E-state index in [9.17, 15) is 9.59 Å². The van der Waals surface area contributed by atoms with Gasteiger partial charge in [0, 0.05) is 37.3 Å². The maximum atomic E-state index is 17.6. The number of hydrogen-bond donors (Lipinski definition) is 0. The van der Waals surface area contributed by atoms with Crippen molar-refractivity contribution < 1.29 is 27.5 Å². The molecule has 0 unspecified atom stereocenters. The van der Waals surface area contributed by atoms with E-state index in [4.69, 9.17) is 4.74 Å². The standard InChI is InChI=1S/C38H39F3N6O4/c1-8-28(48)44-18-26-37(49)46(22-16-43(6)17-22)36-35(45(26)15-21(44)5)23-14-25(40)30(29-24(39)10-9-11-27(29)51-7)31(41)34(23)47(38(36)50)33-20(4)12-13-42-32(33)19(2)3/h8-14,19,21-22,26H,1,15-18H2,2-7H3/t21-,26-/m1/s1. The number of likely N-dealkylation sites (N-methyl/N-ethyl adjacent to an activating group) is 1. The number of anilines is 2. The Hall–Kier alpha value is -5.17. The van der Waals surface area contributed by atoms with Crippen molar-refractivity contribution in [1.29, 1.82) is 0 Å². The first kappa shape index (κ1) is 34.3. The summed E-state index contributed by atoms with van der Waals surface area (Å²) >= 11 is 0. The average molecular weight is 701 g/mol. The highest BCUT2D eigenvalue weighted by atomic mass is 19.1. The van der Waals surface area contributed by atoms with Gasteiger partial charge >= 0.3 is 0 Å². The topological polar surface area (TPSA) is 91.2 Å². The van der Waals surface area contributed by atoms with E-state index in [0.29, 0.717) is 24.3 Å². The third-order valence-corrected chi connectivity index (χ3v) is 10.3. The number of carbonyl (C=O) groups excluding carboxylic acids is 2. The number of aryl methyl sites for hydroxylation is 1. The molecule has 2 aromatic carbocycles. The van der Waals surface area contributed by atoms with Gasteiger partial charge in [0.2, 0.25) is 5.91 Å². The van der Waals surface area contributed by atoms with Crippen molar-refractivity contribution in [3.05, 3.63) is 88.2 Å². The molecule has 4 aromatic rings. The second-order valence-electron chi connectivity index (χ2n) is 13.9. The molecule has 2 fully saturated rings. The largest absolute Gasteiger partial charge is 0.496 e. The number of rotatable bonds is 6. The zero-order valence-electron chi connectivity index (χ0n) is 29.3. The minimum atomic E-state index is -1.18. The highest BCUT2D eigenvalue weighted by molar-refractivity contribution is 6.13. The van der Waals surface area contributed by atoms with Gasteiger partial charge in [-0.05, 0) is 62.7 Å². The Morgan fingerprint density at radius 2 is 1.75 bits per heavy atom. The fourth-order valence-corrected chi connectivity index (χ4v) is 7.92. The number of carbonyl (C=O) groups is 2. The molecule has 0 bridgehead atoms. The van der Waals surface area contributed by atoms with E-state index >= 15 is 18.0 Å². The van der Waals surface area contributed by atoms with Crippen LogP contribution in [-0.2, 0) is 9.59 Å². The van der Waals surface area contributed by atoms with Gasteiger partial charge in [0.15, 0.2) is 5.82 Å². The number of nitrogens with zero attached hydrogens (tertiary/aromatic N) is 6. The number of likely N-dealkylation sites (tertiary alicyclic amines) is 1. The summed E-state index contributed by atoms with van der Waals surface area (Å²) in [5.41, 5.74) is -0.603. The Bertz CT molecular complexity index is 2200. The molecule has 10 nitrogen and oxygen atoms in total. The highest BCUT2D eigenvalue weighted by Crippen LogP contribution is 2.47. The molecule has 3 aliphatic rings. The molecule has 0 N–H and O–H groups in total. The second-order valence-corrected chi connectivity index (χ2v) is 13.9. The molecule has 0 radical (unpaired) electrons. The second kappa shape index (κ2) is 12.6. The molecule has 2 atom stereocenters. The smallest absolute Gasteiger partial charge is 0.281 e. The first-order chi connectivity index (χ1) is 24.3. The first-order valence-corrected chi connectivity index (χ1v) is 16.9. The van der Waals surface area contributed by atoms with Crippen LogP contribution >= 0.6 is 0 Å². The lowest BCUT2D eigenvalue weighted by molar-refractivity contribution is -0.131. The van der Waals surface area contributed by atoms with Crippen molar-refractivity contribution in [2.24, 2.45) is 0 Å². The Balaban J connectivity index is 1.66. The minimum absolute atomic E-state index is 0.00877. The van der Waals surface area contributed by atoms with Gasteiger partial charge < -0.3 is 19.4 Å². The summed E-state index contributed by atoms with van der Waals surface area (Å²) in [5, 5.41) is 0.0162. The molecule has 51 heavy (non-hydrogen) atoms. The van der Waals surface area contributed by atoms with Crippen LogP contribution in [0.4, 0.5) is 24.5 Å². The van der Waals surface area contributed by atoms with Gasteiger partial charge in [-0.3, -0.25) is 28.8 Å². The molecule has 2 amide bonds. The maximum Gasteiger partial charge on any atom is 0.281 e. The lowest BCUT2D eigenvalue weighted by Crippen LogP contribution is -2.71. The van der Waals surface area contributed by atoms with Gasteiger partial charge in [-0.25, -0.2) is 13.2 Å². The molecular weight excluding hydrogens is 661 g/mol. The number of ether oxygens (including phenoxy) is 1. The van der Waals surface area contributed by atoms with Crippen LogP contribution in [0.1, 0.15) is 37.9 Å². The summed E-state index contributed by atoms with van der Waals surface area (Å²) in [4.78, 5) is 54.2. The Labute approximate surface area is 293 Å². The van der Waals surface area contributed by atoms with E-state index in [-0.39, 0.29) is 58.6 Å². The number of aromatic nitrogens is 2. The van der Waals surface area contributed by atoms with Gasteiger partial charge in [0.25, 0.3) is 11.5 Å². The summed E-state index contributed by atoms with van der Waals surface area (Å²) < 4.78 is 56.4. The van der Waals surface area contributed by atoms with Crippen molar-refractivity contribution in [3.63, 3.8) is 0 Å². The van der Waals surface area contributed by atoms with Crippen LogP contribution in [0, 0.1) is 24.4 Å². The van der Waals surface area contributed by atoms with E-state index in [0.717, 1.165) is 12.1 Å². The molecule has 5 heterocycles. The van der Waals surface area contributed by atoms with Crippen molar-refractivity contribution in [3.8, 4) is 22.6 Å². The number of hydrogen-bond acceptors (Lipinski definition) is 7. The van der Waals surface area contributed by atoms with E-state index in [2.05, 4.69) is 11.6 Å². The maximum absolute atomic E-state index is 17.6. The van der Waals surface area contributed by atoms with Crippen LogP contribution in [0.15, 0.2) is 54.0 Å². The molecule has 13 heteroatoms. The van der Waals surface area contributed by atoms with E-state index in [1.807, 2.05) is 25.8 Å². The van der Waals surface area contributed by atoms with Crippen molar-refractivity contribution in [2.45, 2.75) is 51.7 Å². The van der Waals surface area contributed by atoms with Gasteiger partial charge in [-0.15, -0.1) is 0 Å². The first-order valence-electron chi connectivity index (χ1n) is 16.9. The van der Waals surface area contributed by atoms with E-state index < -0.39 is 58.2 Å². The monoisotopic (exact) mass is 700 g/mol. The van der Waals surface area contributed by atoms with E-state index in [1.165, 1.54) is 34.8 Å². The molecule has 0 spiro atoms. The normalized spacial score (nSPS) is 19.3. The molecule has 0 aliphatic carbocycles. The predicted molar refractivity (Wildman–Crippen MR) is 189 cm³/mol. The quantitative estimate of drug-likeness (QED) is 0.257. The summed E-state index contributed by atoms with van der Waals surface area (Å²) in [5.74, 6) is -4.25. The zero-order valence-corrected chi connectivity index (χ0v) is 29.3. The van der Waals surface area contributed by atoms with Crippen LogP contribution in [0.2, 0.25) is 0 Å². The highest BCUT2D eigenvalue weighted by Gasteiger charge is 2.50. The van der Waals surface area contributed by atoms with Crippen molar-refractivity contribution in [1.82, 2.24) is 19.4 Å². The number of fused-ring (bicyclic) bond motifs is 5. The van der Waals surface area contributed by atoms with Crippen LogP contribution < -0.4 is 20.1 Å². The SMILES string of the molecule is C=CC(=O)N1C[C@@H]2C(=O)N(C3CN(C)C3)c3c(c4cc(F)c(-c5c(F)cccc5OC)c(F)c4n(-c4c(C)ccnc4C(C)C)c3=O)N2C[C@H]1C. The van der Waals surface area contributed by atoms with Crippen molar-refractivity contribution >= 4 is 34.1 Å². The number of pyridine rings is 2. The molecule has 266 valence electrons. The summed E-state index contributed by atoms with van der Waals surface area (Å²) in [7, 11) is 3.16. The van der Waals surface area contributed by atoms with E-state index in [1.54, 1.807) is 35.9 Å². The van der Waals surface area contributed by atoms with Gasteiger partial charge in [-0.2, -0.15) is 0 Å². The fourth-order valence-electron chi connectivity index (χ4n) is 7.92. The minimum Gasteiger partial charge on any atom is -0.496 e. The fraction of sp³-hybridized carbons (Fsp3) is 0.368. The number of amides is 2. The van der Waals surface area contributed by atoms with Crippen molar-refractivity contribution in [2.75, 3.05) is 50.1 Å². The average Bonchev–Trinajstić information content (AvgIpc) is 3.08. The Morgan fingerprint density at radius 1 is 1.02 bits per heavy atom. The molecule has 0 saturated carbocycles.